The largest absolute Gasteiger partial charge is 0.481 e. The fraction of sp³-hybridized carbons (Fsp3) is 0.304. The van der Waals surface area contributed by atoms with E-state index in [-0.39, 0.29) is 17.5 Å². The number of halogens is 4. The lowest BCUT2D eigenvalue weighted by Crippen LogP contribution is -2.54. The third-order valence-corrected chi connectivity index (χ3v) is 6.37. The van der Waals surface area contributed by atoms with Crippen molar-refractivity contribution in [3.63, 3.8) is 0 Å². The lowest BCUT2D eigenvalue weighted by atomic mass is 10.0. The zero-order valence-corrected chi connectivity index (χ0v) is 23.6. The third kappa shape index (κ3) is 11.5. The minimum atomic E-state index is -4.09. The second-order valence-corrected chi connectivity index (χ2v) is 10.2. The molecule has 7 N–H and O–H groups in total. The van der Waals surface area contributed by atoms with Crippen LogP contribution in [-0.4, -0.2) is 50.7 Å². The molecule has 0 saturated heterocycles. The molecule has 0 aliphatic heterocycles. The summed E-state index contributed by atoms with van der Waals surface area (Å²) in [5, 5.41) is 13.5. The zero-order valence-electron chi connectivity index (χ0n) is 21.6. The van der Waals surface area contributed by atoms with Gasteiger partial charge in [0.25, 0.3) is 0 Å². The summed E-state index contributed by atoms with van der Waals surface area (Å²) >= 11 is 0. The predicted octanol–water partition coefficient (Wildman–Crippen LogP) is 1.30. The molecule has 0 fully saturated rings. The molecule has 0 heterocycles. The molecule has 0 saturated carbocycles. The first-order valence-corrected chi connectivity index (χ1v) is 14.3. The van der Waals surface area contributed by atoms with Crippen molar-refractivity contribution >= 4 is 40.2 Å². The van der Waals surface area contributed by atoms with Gasteiger partial charge < -0.3 is 31.3 Å². The Balaban J connectivity index is 2.10. The number of carbonyl (C=O) groups is 4. The number of hydrogen-bond acceptors (Lipinski definition) is 8. The quantitative estimate of drug-likeness (QED) is 0.111. The Morgan fingerprint density at radius 1 is 0.791 bits per heavy atom. The molecule has 0 aliphatic carbocycles. The molecule has 2 aromatic rings. The van der Waals surface area contributed by atoms with E-state index >= 15 is 0 Å². The summed E-state index contributed by atoms with van der Waals surface area (Å²) < 4.78 is 83.8. The van der Waals surface area contributed by atoms with Gasteiger partial charge in [-0.2, -0.15) is 17.6 Å². The van der Waals surface area contributed by atoms with Crippen molar-refractivity contribution in [1.82, 2.24) is 10.6 Å². The van der Waals surface area contributed by atoms with Crippen molar-refractivity contribution in [1.29, 1.82) is 0 Å². The van der Waals surface area contributed by atoms with E-state index in [2.05, 4.69) is 19.7 Å². The number of carboxylic acid groups (broad SMARTS) is 1. The lowest BCUT2D eigenvalue weighted by molar-refractivity contribution is -0.186. The average Bonchev–Trinajstić information content (AvgIpc) is 2.86. The van der Waals surface area contributed by atoms with Crippen LogP contribution in [0.2, 0.25) is 0 Å². The molecular weight excluding hydrogens is 632 g/mol. The number of nitrogens with two attached hydrogens (primary N) is 1. The van der Waals surface area contributed by atoms with Gasteiger partial charge in [0, 0.05) is 6.42 Å². The summed E-state index contributed by atoms with van der Waals surface area (Å²) in [4.78, 5) is 65.8. The number of nitrogens with one attached hydrogen (secondary N) is 2. The van der Waals surface area contributed by atoms with Crippen LogP contribution in [-0.2, 0) is 62.4 Å². The first kappa shape index (κ1) is 35.5. The summed E-state index contributed by atoms with van der Waals surface area (Å²) in [6, 6.07) is 4.40. The van der Waals surface area contributed by atoms with Gasteiger partial charge in [-0.1, -0.05) is 48.5 Å². The molecular formula is C23H25F4N3O11P2. The topological polar surface area (TPSA) is 232 Å². The molecule has 0 radical (unpaired) electrons. The van der Waals surface area contributed by atoms with E-state index in [4.69, 9.17) is 15.5 Å². The Morgan fingerprint density at radius 3 is 1.63 bits per heavy atom. The molecule has 0 bridgehead atoms. The zero-order chi connectivity index (χ0) is 32.5. The van der Waals surface area contributed by atoms with Gasteiger partial charge >= 0.3 is 34.7 Å². The van der Waals surface area contributed by atoms with Gasteiger partial charge in [-0.3, -0.25) is 28.3 Å². The molecule has 0 aliphatic rings. The monoisotopic (exact) mass is 657 g/mol. The number of amides is 3. The van der Waals surface area contributed by atoms with Crippen molar-refractivity contribution in [2.45, 2.75) is 43.6 Å². The Labute approximate surface area is 241 Å². The predicted molar refractivity (Wildman–Crippen MR) is 138 cm³/mol. The highest BCUT2D eigenvalue weighted by molar-refractivity contribution is 7.32. The number of benzene rings is 2. The molecule has 236 valence electrons. The number of carbonyl (C=O) groups excluding carboxylic acids is 3. The Hall–Kier alpha value is -3.66. The lowest BCUT2D eigenvalue weighted by Gasteiger charge is -2.21. The molecule has 3 amide bonds. The minimum absolute atomic E-state index is 0.129. The first-order chi connectivity index (χ1) is 19.9. The van der Waals surface area contributed by atoms with Crippen LogP contribution in [0.25, 0.3) is 0 Å². The van der Waals surface area contributed by atoms with Crippen LogP contribution in [0.3, 0.4) is 0 Å². The van der Waals surface area contributed by atoms with Crippen molar-refractivity contribution in [3.05, 3.63) is 70.8 Å². The van der Waals surface area contributed by atoms with Crippen LogP contribution in [0, 0.1) is 0 Å². The SMILES string of the molecule is NC(=O)[C@H](Cc1ccc(C(F)(F)O[PH](=O)O)cc1)NC(=O)[C@H](CC(=O)O)NC(=O)Cc1ccc(C(F)(F)O[PH](=O)O)cc1. The number of alkyl halides is 4. The molecule has 20 heteroatoms. The third-order valence-electron chi connectivity index (χ3n) is 5.51. The van der Waals surface area contributed by atoms with Crippen molar-refractivity contribution < 1.29 is 69.8 Å². The molecule has 14 nitrogen and oxygen atoms in total. The summed E-state index contributed by atoms with van der Waals surface area (Å²) in [6.45, 7) is 0. The highest BCUT2D eigenvalue weighted by Crippen LogP contribution is 2.38. The van der Waals surface area contributed by atoms with Crippen molar-refractivity contribution in [3.8, 4) is 0 Å². The second-order valence-electron chi connectivity index (χ2n) is 8.73. The second kappa shape index (κ2) is 15.2. The molecule has 43 heavy (non-hydrogen) atoms. The van der Waals surface area contributed by atoms with Gasteiger partial charge in [0.1, 0.15) is 12.1 Å². The molecule has 4 atom stereocenters. The smallest absolute Gasteiger partial charge is 0.389 e. The number of hydrogen-bond donors (Lipinski definition) is 6. The molecule has 0 aromatic heterocycles. The summed E-state index contributed by atoms with van der Waals surface area (Å²) in [5.41, 5.74) is 4.05. The number of aliphatic carboxylic acids is 1. The van der Waals surface area contributed by atoms with Crippen LogP contribution in [0.1, 0.15) is 28.7 Å². The molecule has 0 spiro atoms. The fourth-order valence-electron chi connectivity index (χ4n) is 3.53. The van der Waals surface area contributed by atoms with E-state index in [9.17, 15) is 51.0 Å². The van der Waals surface area contributed by atoms with E-state index in [1.54, 1.807) is 0 Å². The Kier molecular flexibility index (Phi) is 12.5. The van der Waals surface area contributed by atoms with Gasteiger partial charge in [0.2, 0.25) is 17.7 Å². The van der Waals surface area contributed by atoms with E-state index in [1.165, 1.54) is 0 Å². The molecule has 2 unspecified atom stereocenters. The highest BCUT2D eigenvalue weighted by Gasteiger charge is 2.36. The van der Waals surface area contributed by atoms with Gasteiger partial charge in [-0.05, 0) is 11.1 Å². The van der Waals surface area contributed by atoms with Crippen LogP contribution in [0.5, 0.6) is 0 Å². The van der Waals surface area contributed by atoms with Crippen LogP contribution in [0.15, 0.2) is 48.5 Å². The highest BCUT2D eigenvalue weighted by atomic mass is 31.1. The summed E-state index contributed by atoms with van der Waals surface area (Å²) in [6.07, 6.45) is -9.99. The standard InChI is InChI=1S/C23H25F4N3O11P2/c24-22(25,40-42(36)37)14-5-1-12(2-6-14)9-16(20(28)34)30-21(35)17(11-19(32)33)29-18(31)10-13-3-7-15(8-4-13)23(26,27)41-43(38)39/h1-8,16-17,42-43H,9-11H2,(H2,28,34)(H,29,31)(H,30,35)(H,32,33)(H,36,37)(H,38,39)/t16-,17-/m0/s1. The Morgan fingerprint density at radius 2 is 1.23 bits per heavy atom. The van der Waals surface area contributed by atoms with Crippen molar-refractivity contribution in [2.24, 2.45) is 5.73 Å². The summed E-state index contributed by atoms with van der Waals surface area (Å²) in [5.74, 6) is -4.68. The first-order valence-electron chi connectivity index (χ1n) is 11.8. The van der Waals surface area contributed by atoms with E-state index in [0.717, 1.165) is 48.5 Å². The van der Waals surface area contributed by atoms with Crippen molar-refractivity contribution in [2.75, 3.05) is 0 Å². The average molecular weight is 657 g/mol. The van der Waals surface area contributed by atoms with Gasteiger partial charge in [-0.15, -0.1) is 0 Å². The van der Waals surface area contributed by atoms with Crippen LogP contribution < -0.4 is 16.4 Å². The minimum Gasteiger partial charge on any atom is -0.481 e. The number of rotatable bonds is 16. The number of primary amides is 1. The molecule has 2 aromatic carbocycles. The van der Waals surface area contributed by atoms with E-state index in [0.29, 0.717) is 0 Å². The van der Waals surface area contributed by atoms with Gasteiger partial charge in [-0.25, -0.2) is 9.05 Å². The maximum absolute atomic E-state index is 13.8. The maximum Gasteiger partial charge on any atom is 0.389 e. The summed E-state index contributed by atoms with van der Waals surface area (Å²) in [7, 11) is -7.94. The van der Waals surface area contributed by atoms with E-state index < -0.39 is 88.5 Å². The van der Waals surface area contributed by atoms with Gasteiger partial charge in [0.15, 0.2) is 0 Å². The fourth-order valence-corrected chi connectivity index (χ4v) is 4.21. The number of carboxylic acids is 1. The van der Waals surface area contributed by atoms with Gasteiger partial charge in [0.05, 0.1) is 24.0 Å². The Bertz CT molecular complexity index is 1380. The van der Waals surface area contributed by atoms with Crippen LogP contribution >= 0.6 is 16.5 Å². The molecule has 2 rings (SSSR count). The van der Waals surface area contributed by atoms with E-state index in [1.807, 2.05) is 0 Å². The van der Waals surface area contributed by atoms with Crippen LogP contribution in [0.4, 0.5) is 17.6 Å². The maximum atomic E-state index is 13.8. The normalized spacial score (nSPS) is 14.7.